The number of carboxylic acids is 1. The van der Waals surface area contributed by atoms with Crippen molar-refractivity contribution in [2.45, 2.75) is 0 Å². The first-order valence-corrected chi connectivity index (χ1v) is 6.58. The van der Waals surface area contributed by atoms with E-state index in [1.807, 2.05) is 35.2 Å². The number of nitrogens with zero attached hydrogens (tertiary/aromatic N) is 2. The normalized spacial score (nSPS) is 17.3. The zero-order valence-corrected chi connectivity index (χ0v) is 11.0. The van der Waals surface area contributed by atoms with E-state index in [1.54, 1.807) is 0 Å². The van der Waals surface area contributed by atoms with Gasteiger partial charge in [-0.2, -0.15) is 0 Å². The molecule has 0 atom stereocenters. The molecule has 5 nitrogen and oxygen atoms in total. The summed E-state index contributed by atoms with van der Waals surface area (Å²) in [5.41, 5.74) is 0. The molecule has 0 bridgehead atoms. The van der Waals surface area contributed by atoms with Gasteiger partial charge < -0.3 is 9.84 Å². The van der Waals surface area contributed by atoms with Gasteiger partial charge in [0.1, 0.15) is 12.4 Å². The Bertz CT molecular complexity index is 389. The molecule has 1 heterocycles. The standard InChI is InChI=1S/C14H20N2O3/c17-14(18)12-16-8-6-15(7-9-16)10-11-19-13-4-2-1-3-5-13/h1-5H,6-12H2,(H,17,18). The number of carbonyl (C=O) groups is 1. The summed E-state index contributed by atoms with van der Waals surface area (Å²) in [7, 11) is 0. The molecule has 1 aliphatic heterocycles. The number of para-hydroxylation sites is 1. The molecule has 19 heavy (non-hydrogen) atoms. The van der Waals surface area contributed by atoms with Gasteiger partial charge in [-0.3, -0.25) is 14.6 Å². The van der Waals surface area contributed by atoms with Crippen molar-refractivity contribution in [3.8, 4) is 5.75 Å². The molecule has 0 radical (unpaired) electrons. The number of rotatable bonds is 6. The minimum absolute atomic E-state index is 0.147. The molecule has 0 aliphatic carbocycles. The highest BCUT2D eigenvalue weighted by molar-refractivity contribution is 5.69. The van der Waals surface area contributed by atoms with Crippen molar-refractivity contribution < 1.29 is 14.6 Å². The van der Waals surface area contributed by atoms with Crippen molar-refractivity contribution in [2.24, 2.45) is 0 Å². The molecule has 1 aromatic rings. The van der Waals surface area contributed by atoms with Gasteiger partial charge in [0.05, 0.1) is 6.54 Å². The van der Waals surface area contributed by atoms with Crippen LogP contribution in [0.5, 0.6) is 5.75 Å². The zero-order valence-electron chi connectivity index (χ0n) is 11.0. The van der Waals surface area contributed by atoms with Crippen LogP contribution >= 0.6 is 0 Å². The van der Waals surface area contributed by atoms with Gasteiger partial charge in [0, 0.05) is 32.7 Å². The van der Waals surface area contributed by atoms with Crippen molar-refractivity contribution >= 4 is 5.97 Å². The van der Waals surface area contributed by atoms with Crippen LogP contribution in [0.15, 0.2) is 30.3 Å². The zero-order chi connectivity index (χ0) is 13.5. The Balaban J connectivity index is 1.62. The summed E-state index contributed by atoms with van der Waals surface area (Å²) in [5, 5.41) is 8.72. The van der Waals surface area contributed by atoms with Gasteiger partial charge in [0.25, 0.3) is 0 Å². The average Bonchev–Trinajstić information content (AvgIpc) is 2.41. The number of piperazine rings is 1. The van der Waals surface area contributed by atoms with E-state index in [0.29, 0.717) is 6.61 Å². The lowest BCUT2D eigenvalue weighted by atomic mass is 10.3. The van der Waals surface area contributed by atoms with E-state index in [2.05, 4.69) is 4.90 Å². The topological polar surface area (TPSA) is 53.0 Å². The van der Waals surface area contributed by atoms with E-state index in [9.17, 15) is 4.79 Å². The highest BCUT2D eigenvalue weighted by Crippen LogP contribution is 2.08. The monoisotopic (exact) mass is 264 g/mol. The van der Waals surface area contributed by atoms with E-state index in [4.69, 9.17) is 9.84 Å². The van der Waals surface area contributed by atoms with Crippen LogP contribution in [-0.2, 0) is 4.79 Å². The SMILES string of the molecule is O=C(O)CN1CCN(CCOc2ccccc2)CC1. The Kier molecular flexibility index (Phi) is 5.18. The van der Waals surface area contributed by atoms with E-state index in [1.165, 1.54) is 0 Å². The van der Waals surface area contributed by atoms with Crippen molar-refractivity contribution in [3.63, 3.8) is 0 Å². The summed E-state index contributed by atoms with van der Waals surface area (Å²) in [4.78, 5) is 14.9. The molecule has 0 amide bonds. The number of ether oxygens (including phenoxy) is 1. The third kappa shape index (κ3) is 4.89. The fourth-order valence-electron chi connectivity index (χ4n) is 2.17. The number of carboxylic acid groups (broad SMARTS) is 1. The molecule has 1 aliphatic rings. The smallest absolute Gasteiger partial charge is 0.317 e. The van der Waals surface area contributed by atoms with Crippen LogP contribution in [-0.4, -0.2) is 66.8 Å². The average molecular weight is 264 g/mol. The van der Waals surface area contributed by atoms with Crippen molar-refractivity contribution in [2.75, 3.05) is 45.9 Å². The summed E-state index contributed by atoms with van der Waals surface area (Å²) in [6.45, 7) is 5.15. The van der Waals surface area contributed by atoms with Gasteiger partial charge in [-0.05, 0) is 12.1 Å². The Morgan fingerprint density at radius 3 is 2.37 bits per heavy atom. The molecule has 1 fully saturated rings. The summed E-state index contributed by atoms with van der Waals surface area (Å²) >= 11 is 0. The first-order chi connectivity index (χ1) is 9.24. The van der Waals surface area contributed by atoms with Gasteiger partial charge in [-0.15, -0.1) is 0 Å². The highest BCUT2D eigenvalue weighted by Gasteiger charge is 2.18. The Morgan fingerprint density at radius 1 is 1.11 bits per heavy atom. The maximum Gasteiger partial charge on any atom is 0.317 e. The lowest BCUT2D eigenvalue weighted by molar-refractivity contribution is -0.138. The molecular formula is C14H20N2O3. The maximum atomic E-state index is 10.6. The second kappa shape index (κ2) is 7.11. The van der Waals surface area contributed by atoms with Crippen molar-refractivity contribution in [1.29, 1.82) is 0 Å². The summed E-state index contributed by atoms with van der Waals surface area (Å²) in [6.07, 6.45) is 0. The largest absolute Gasteiger partial charge is 0.492 e. The molecular weight excluding hydrogens is 244 g/mol. The molecule has 104 valence electrons. The minimum Gasteiger partial charge on any atom is -0.492 e. The first-order valence-electron chi connectivity index (χ1n) is 6.58. The second-order valence-electron chi connectivity index (χ2n) is 4.67. The Labute approximate surface area is 113 Å². The Morgan fingerprint density at radius 2 is 1.74 bits per heavy atom. The van der Waals surface area contributed by atoms with Gasteiger partial charge in [-0.25, -0.2) is 0 Å². The fourth-order valence-corrected chi connectivity index (χ4v) is 2.17. The van der Waals surface area contributed by atoms with Gasteiger partial charge >= 0.3 is 5.97 Å². The Hall–Kier alpha value is -1.59. The van der Waals surface area contributed by atoms with E-state index in [-0.39, 0.29) is 6.54 Å². The number of hydrogen-bond donors (Lipinski definition) is 1. The first kappa shape index (κ1) is 13.8. The number of benzene rings is 1. The maximum absolute atomic E-state index is 10.6. The van der Waals surface area contributed by atoms with Crippen LogP contribution in [0.4, 0.5) is 0 Å². The fraction of sp³-hybridized carbons (Fsp3) is 0.500. The predicted molar refractivity (Wildman–Crippen MR) is 72.5 cm³/mol. The summed E-state index contributed by atoms with van der Waals surface area (Å²) in [5.74, 6) is 0.146. The lowest BCUT2D eigenvalue weighted by Crippen LogP contribution is -2.48. The third-order valence-corrected chi connectivity index (χ3v) is 3.24. The van der Waals surface area contributed by atoms with Crippen molar-refractivity contribution in [1.82, 2.24) is 9.80 Å². The quantitative estimate of drug-likeness (QED) is 0.822. The van der Waals surface area contributed by atoms with Gasteiger partial charge in [0.2, 0.25) is 0 Å². The van der Waals surface area contributed by atoms with E-state index in [0.717, 1.165) is 38.5 Å². The number of hydrogen-bond acceptors (Lipinski definition) is 4. The molecule has 0 unspecified atom stereocenters. The number of aliphatic carboxylic acids is 1. The van der Waals surface area contributed by atoms with Gasteiger partial charge in [-0.1, -0.05) is 18.2 Å². The second-order valence-corrected chi connectivity index (χ2v) is 4.67. The molecule has 2 rings (SSSR count). The molecule has 1 N–H and O–H groups in total. The van der Waals surface area contributed by atoms with E-state index < -0.39 is 5.97 Å². The van der Waals surface area contributed by atoms with Crippen LogP contribution in [0.25, 0.3) is 0 Å². The van der Waals surface area contributed by atoms with Crippen LogP contribution in [0.3, 0.4) is 0 Å². The van der Waals surface area contributed by atoms with Crippen LogP contribution in [0.2, 0.25) is 0 Å². The highest BCUT2D eigenvalue weighted by atomic mass is 16.5. The minimum atomic E-state index is -0.749. The van der Waals surface area contributed by atoms with Gasteiger partial charge in [0.15, 0.2) is 0 Å². The van der Waals surface area contributed by atoms with E-state index >= 15 is 0 Å². The van der Waals surface area contributed by atoms with Crippen LogP contribution < -0.4 is 4.74 Å². The lowest BCUT2D eigenvalue weighted by Gasteiger charge is -2.33. The summed E-state index contributed by atoms with van der Waals surface area (Å²) in [6, 6.07) is 9.78. The molecule has 1 saturated heterocycles. The summed E-state index contributed by atoms with van der Waals surface area (Å²) < 4.78 is 5.65. The van der Waals surface area contributed by atoms with Crippen LogP contribution in [0, 0.1) is 0 Å². The third-order valence-electron chi connectivity index (χ3n) is 3.24. The molecule has 5 heteroatoms. The molecule has 1 aromatic carbocycles. The van der Waals surface area contributed by atoms with Crippen LogP contribution in [0.1, 0.15) is 0 Å². The van der Waals surface area contributed by atoms with Crippen molar-refractivity contribution in [3.05, 3.63) is 30.3 Å². The predicted octanol–water partition coefficient (Wildman–Crippen LogP) is 0.768. The molecule has 0 saturated carbocycles. The molecule has 0 spiro atoms. The molecule has 0 aromatic heterocycles.